The van der Waals surface area contributed by atoms with Crippen LogP contribution >= 0.6 is 11.3 Å². The van der Waals surface area contributed by atoms with E-state index in [1.807, 2.05) is 0 Å². The lowest BCUT2D eigenvalue weighted by Gasteiger charge is -2.45. The minimum atomic E-state index is 0.117. The smallest absolute Gasteiger partial charge is 0.188 e. The van der Waals surface area contributed by atoms with Gasteiger partial charge in [-0.2, -0.15) is 0 Å². The Balaban J connectivity index is 1.78. The van der Waals surface area contributed by atoms with E-state index in [9.17, 15) is 0 Å². The standard InChI is InChI=1S/C21H23NOS/c1-14-8-4-5-9-17(14)22-15(2)19-18(16-10-13-24-20(16)23-19)21(22)11-6-3-7-12-21/h4-5,8-10,13,15H,3,6-7,11-12H2,1-2H3/t15-/m0/s1. The molecular weight excluding hydrogens is 314 g/mol. The summed E-state index contributed by atoms with van der Waals surface area (Å²) in [5, 5.41) is 3.53. The van der Waals surface area contributed by atoms with Crippen LogP contribution < -0.4 is 4.90 Å². The predicted molar refractivity (Wildman–Crippen MR) is 101 cm³/mol. The van der Waals surface area contributed by atoms with Crippen molar-refractivity contribution < 1.29 is 4.42 Å². The van der Waals surface area contributed by atoms with Crippen LogP contribution in [0.1, 0.15) is 62.0 Å². The molecule has 1 aromatic carbocycles. The molecule has 0 unspecified atom stereocenters. The third-order valence-corrected chi connectivity index (χ3v) is 6.89. The highest BCUT2D eigenvalue weighted by Crippen LogP contribution is 2.58. The molecule has 3 aromatic rings. The Morgan fingerprint density at radius 1 is 1.12 bits per heavy atom. The Labute approximate surface area is 147 Å². The van der Waals surface area contributed by atoms with E-state index >= 15 is 0 Å². The van der Waals surface area contributed by atoms with E-state index in [0.717, 1.165) is 4.90 Å². The first-order chi connectivity index (χ1) is 11.7. The number of furan rings is 1. The summed E-state index contributed by atoms with van der Waals surface area (Å²) in [6.07, 6.45) is 6.46. The molecule has 1 aliphatic heterocycles. The predicted octanol–water partition coefficient (Wildman–Crippen LogP) is 6.54. The van der Waals surface area contributed by atoms with Crippen molar-refractivity contribution in [2.75, 3.05) is 4.90 Å². The van der Waals surface area contributed by atoms with Crippen LogP contribution in [0.15, 0.2) is 40.1 Å². The summed E-state index contributed by atoms with van der Waals surface area (Å²) in [4.78, 5) is 3.80. The van der Waals surface area contributed by atoms with Crippen molar-refractivity contribution >= 4 is 27.3 Å². The van der Waals surface area contributed by atoms with Gasteiger partial charge in [0.2, 0.25) is 0 Å². The van der Waals surface area contributed by atoms with Gasteiger partial charge in [-0.15, -0.1) is 11.3 Å². The maximum atomic E-state index is 6.36. The zero-order chi connectivity index (χ0) is 16.3. The second-order valence-corrected chi connectivity index (χ2v) is 8.27. The summed E-state index contributed by atoms with van der Waals surface area (Å²) >= 11 is 1.74. The summed E-state index contributed by atoms with van der Waals surface area (Å²) in [6, 6.07) is 11.4. The third kappa shape index (κ3) is 1.76. The first kappa shape index (κ1) is 14.6. The zero-order valence-corrected chi connectivity index (χ0v) is 15.2. The molecule has 0 radical (unpaired) electrons. The lowest BCUT2D eigenvalue weighted by atomic mass is 9.76. The number of hydrogen-bond acceptors (Lipinski definition) is 3. The van der Waals surface area contributed by atoms with E-state index < -0.39 is 0 Å². The van der Waals surface area contributed by atoms with Crippen LogP contribution in [0.2, 0.25) is 0 Å². The highest BCUT2D eigenvalue weighted by molar-refractivity contribution is 7.16. The molecule has 1 atom stereocenters. The number of benzene rings is 1. The molecule has 3 heteroatoms. The Hall–Kier alpha value is -1.74. The second-order valence-electron chi connectivity index (χ2n) is 7.39. The van der Waals surface area contributed by atoms with Gasteiger partial charge in [0.05, 0.1) is 11.6 Å². The van der Waals surface area contributed by atoms with Crippen LogP contribution in [-0.4, -0.2) is 0 Å². The van der Waals surface area contributed by atoms with Gasteiger partial charge >= 0.3 is 0 Å². The minimum absolute atomic E-state index is 0.117. The van der Waals surface area contributed by atoms with Gasteiger partial charge in [-0.3, -0.25) is 0 Å². The van der Waals surface area contributed by atoms with E-state index in [4.69, 9.17) is 4.42 Å². The highest BCUT2D eigenvalue weighted by Gasteiger charge is 2.52. The van der Waals surface area contributed by atoms with E-state index in [0.29, 0.717) is 6.04 Å². The normalized spacial score (nSPS) is 22.4. The van der Waals surface area contributed by atoms with Crippen LogP contribution in [0.3, 0.4) is 0 Å². The molecule has 0 bridgehead atoms. The van der Waals surface area contributed by atoms with E-state index in [2.05, 4.69) is 54.5 Å². The third-order valence-electron chi connectivity index (χ3n) is 6.10. The van der Waals surface area contributed by atoms with Gasteiger partial charge < -0.3 is 9.32 Å². The minimum Gasteiger partial charge on any atom is -0.448 e. The molecule has 2 aromatic heterocycles. The van der Waals surface area contributed by atoms with Gasteiger partial charge in [-0.25, -0.2) is 0 Å². The van der Waals surface area contributed by atoms with Crippen molar-refractivity contribution in [1.29, 1.82) is 0 Å². The molecule has 124 valence electrons. The number of nitrogens with zero attached hydrogens (tertiary/aromatic N) is 1. The lowest BCUT2D eigenvalue weighted by Crippen LogP contribution is -2.44. The molecule has 0 N–H and O–H groups in total. The average Bonchev–Trinajstić information content (AvgIpc) is 3.22. The number of para-hydroxylation sites is 1. The van der Waals surface area contributed by atoms with Crippen molar-refractivity contribution in [3.63, 3.8) is 0 Å². The van der Waals surface area contributed by atoms with Gasteiger partial charge in [0.15, 0.2) is 4.90 Å². The Kier molecular flexibility index (Phi) is 3.12. The number of aryl methyl sites for hydroxylation is 1. The Bertz CT molecular complexity index is 900. The van der Waals surface area contributed by atoms with Crippen LogP contribution in [0.5, 0.6) is 0 Å². The number of anilines is 1. The fraction of sp³-hybridized carbons (Fsp3) is 0.429. The maximum Gasteiger partial charge on any atom is 0.188 e. The molecular formula is C21H23NOS. The van der Waals surface area contributed by atoms with Crippen LogP contribution in [-0.2, 0) is 5.54 Å². The quantitative estimate of drug-likeness (QED) is 0.501. The molecule has 0 amide bonds. The van der Waals surface area contributed by atoms with Crippen molar-refractivity contribution in [1.82, 2.24) is 0 Å². The molecule has 2 aliphatic rings. The lowest BCUT2D eigenvalue weighted by molar-refractivity contribution is 0.285. The monoisotopic (exact) mass is 337 g/mol. The van der Waals surface area contributed by atoms with Crippen LogP contribution in [0.25, 0.3) is 10.3 Å². The average molecular weight is 337 g/mol. The summed E-state index contributed by atoms with van der Waals surface area (Å²) in [5.74, 6) is 1.21. The number of rotatable bonds is 1. The summed E-state index contributed by atoms with van der Waals surface area (Å²) in [5.41, 5.74) is 4.35. The molecule has 3 heterocycles. The number of hydrogen-bond donors (Lipinski definition) is 0. The molecule has 24 heavy (non-hydrogen) atoms. The van der Waals surface area contributed by atoms with E-state index in [1.165, 1.54) is 60.1 Å². The van der Waals surface area contributed by atoms with E-state index in [1.54, 1.807) is 11.3 Å². The highest BCUT2D eigenvalue weighted by atomic mass is 32.1. The largest absolute Gasteiger partial charge is 0.448 e. The fourth-order valence-corrected chi connectivity index (χ4v) is 5.89. The van der Waals surface area contributed by atoms with Crippen molar-refractivity contribution in [2.45, 2.75) is 57.5 Å². The van der Waals surface area contributed by atoms with Crippen molar-refractivity contribution in [3.05, 3.63) is 52.6 Å². The summed E-state index contributed by atoms with van der Waals surface area (Å²) in [7, 11) is 0. The molecule has 5 rings (SSSR count). The van der Waals surface area contributed by atoms with Crippen LogP contribution in [0.4, 0.5) is 5.69 Å². The first-order valence-electron chi connectivity index (χ1n) is 9.08. The van der Waals surface area contributed by atoms with Gasteiger partial charge in [0.1, 0.15) is 5.76 Å². The van der Waals surface area contributed by atoms with E-state index in [-0.39, 0.29) is 5.54 Å². The van der Waals surface area contributed by atoms with Crippen molar-refractivity contribution in [3.8, 4) is 0 Å². The SMILES string of the molecule is Cc1ccccc1N1[C@@H](C)c2oc3sccc3c2C12CCCCC2. The van der Waals surface area contributed by atoms with Crippen LogP contribution in [0, 0.1) is 6.92 Å². The number of thiophene rings is 1. The Morgan fingerprint density at radius 3 is 2.71 bits per heavy atom. The Morgan fingerprint density at radius 2 is 1.92 bits per heavy atom. The first-order valence-corrected chi connectivity index (χ1v) is 9.96. The maximum absolute atomic E-state index is 6.36. The van der Waals surface area contributed by atoms with Gasteiger partial charge in [-0.1, -0.05) is 37.5 Å². The molecule has 2 nitrogen and oxygen atoms in total. The molecule has 1 saturated carbocycles. The molecule has 0 saturated heterocycles. The topological polar surface area (TPSA) is 16.4 Å². The molecule has 1 aliphatic carbocycles. The summed E-state index contributed by atoms with van der Waals surface area (Å²) in [6.45, 7) is 4.56. The molecule has 1 spiro atoms. The van der Waals surface area contributed by atoms with Gasteiger partial charge in [0.25, 0.3) is 0 Å². The summed E-state index contributed by atoms with van der Waals surface area (Å²) < 4.78 is 6.36. The second kappa shape index (κ2) is 5.13. The fourth-order valence-electron chi connectivity index (χ4n) is 5.13. The van der Waals surface area contributed by atoms with Gasteiger partial charge in [-0.05, 0) is 49.8 Å². The molecule has 1 fully saturated rings. The van der Waals surface area contributed by atoms with Gasteiger partial charge in [0, 0.05) is 16.6 Å². The number of fused-ring (bicyclic) bond motifs is 4. The van der Waals surface area contributed by atoms with Crippen molar-refractivity contribution in [2.24, 2.45) is 0 Å². The zero-order valence-electron chi connectivity index (χ0n) is 14.3.